The van der Waals surface area contributed by atoms with Gasteiger partial charge in [0, 0.05) is 10.2 Å². The van der Waals surface area contributed by atoms with Crippen LogP contribution in [-0.4, -0.2) is 21.6 Å². The number of ether oxygens (including phenoxy) is 1. The first kappa shape index (κ1) is 15.5. The molecule has 1 aromatic carbocycles. The van der Waals surface area contributed by atoms with Gasteiger partial charge in [-0.2, -0.15) is 15.0 Å². The van der Waals surface area contributed by atoms with Crippen molar-refractivity contribution >= 4 is 33.5 Å². The van der Waals surface area contributed by atoms with Crippen LogP contribution in [0.15, 0.2) is 16.6 Å². The van der Waals surface area contributed by atoms with E-state index >= 15 is 0 Å². The number of nitrogens with one attached hydrogen (secondary N) is 2. The van der Waals surface area contributed by atoms with E-state index in [1.165, 1.54) is 0 Å². The first-order chi connectivity index (χ1) is 10.0. The monoisotopic (exact) mass is 352 g/mol. The summed E-state index contributed by atoms with van der Waals surface area (Å²) in [6, 6.07) is 4.21. The molecular formula is C13H17BrN6O. The number of anilines is 3. The third kappa shape index (κ3) is 3.79. The third-order valence-corrected chi connectivity index (χ3v) is 3.96. The molecule has 2 aromatic rings. The van der Waals surface area contributed by atoms with Crippen molar-refractivity contribution in [3.05, 3.63) is 27.7 Å². The maximum absolute atomic E-state index is 5.35. The van der Waals surface area contributed by atoms with Crippen molar-refractivity contribution in [3.63, 3.8) is 0 Å². The Balaban J connectivity index is 2.32. The van der Waals surface area contributed by atoms with Gasteiger partial charge in [-0.3, -0.25) is 5.43 Å². The van der Waals surface area contributed by atoms with Crippen molar-refractivity contribution in [1.29, 1.82) is 0 Å². The number of aryl methyl sites for hydroxylation is 2. The number of hydrogen-bond acceptors (Lipinski definition) is 7. The van der Waals surface area contributed by atoms with Crippen molar-refractivity contribution in [2.24, 2.45) is 5.84 Å². The lowest BCUT2D eigenvalue weighted by molar-refractivity contribution is 0.312. The summed E-state index contributed by atoms with van der Waals surface area (Å²) in [5.41, 5.74) is 5.51. The zero-order valence-electron chi connectivity index (χ0n) is 12.1. The molecule has 1 aromatic heterocycles. The van der Waals surface area contributed by atoms with Gasteiger partial charge in [-0.25, -0.2) is 5.84 Å². The number of halogens is 1. The molecular weight excluding hydrogens is 336 g/mol. The maximum Gasteiger partial charge on any atom is 0.323 e. The zero-order chi connectivity index (χ0) is 15.4. The molecule has 0 saturated heterocycles. The van der Waals surface area contributed by atoms with E-state index in [0.717, 1.165) is 21.3 Å². The number of hydrazine groups is 1. The van der Waals surface area contributed by atoms with E-state index in [1.807, 2.05) is 32.9 Å². The quantitative estimate of drug-likeness (QED) is 0.561. The fourth-order valence-corrected chi connectivity index (χ4v) is 2.05. The van der Waals surface area contributed by atoms with E-state index in [4.69, 9.17) is 10.6 Å². The third-order valence-electron chi connectivity index (χ3n) is 2.71. The molecule has 8 heteroatoms. The predicted octanol–water partition coefficient (Wildman–Crippen LogP) is 2.68. The van der Waals surface area contributed by atoms with Crippen LogP contribution in [0.5, 0.6) is 6.01 Å². The summed E-state index contributed by atoms with van der Waals surface area (Å²) in [6.45, 7) is 6.36. The lowest BCUT2D eigenvalue weighted by Crippen LogP contribution is -2.13. The summed E-state index contributed by atoms with van der Waals surface area (Å²) in [6.07, 6.45) is 0. The molecule has 0 aliphatic carbocycles. The first-order valence-corrected chi connectivity index (χ1v) is 7.22. The Morgan fingerprint density at radius 3 is 2.33 bits per heavy atom. The molecule has 0 unspecified atom stereocenters. The molecule has 0 atom stereocenters. The Morgan fingerprint density at radius 2 is 1.76 bits per heavy atom. The fourth-order valence-electron chi connectivity index (χ4n) is 1.82. The summed E-state index contributed by atoms with van der Waals surface area (Å²) >= 11 is 3.54. The van der Waals surface area contributed by atoms with Crippen LogP contribution in [0.3, 0.4) is 0 Å². The summed E-state index contributed by atoms with van der Waals surface area (Å²) in [7, 11) is 0. The summed E-state index contributed by atoms with van der Waals surface area (Å²) in [5.74, 6) is 5.95. The molecule has 21 heavy (non-hydrogen) atoms. The molecule has 0 amide bonds. The second kappa shape index (κ2) is 6.68. The lowest BCUT2D eigenvalue weighted by atomic mass is 10.1. The van der Waals surface area contributed by atoms with Crippen LogP contribution < -0.4 is 21.3 Å². The van der Waals surface area contributed by atoms with Crippen LogP contribution in [0.25, 0.3) is 0 Å². The van der Waals surface area contributed by atoms with Crippen molar-refractivity contribution in [1.82, 2.24) is 15.0 Å². The van der Waals surface area contributed by atoms with Crippen LogP contribution in [0.4, 0.5) is 17.6 Å². The standard InChI is InChI=1S/C13H17BrN6O/c1-4-21-13-18-11(17-12(19-13)20-15)16-9-5-7(2)10(14)8(3)6-9/h5-6H,4,15H2,1-3H3,(H2,16,17,18,19,20). The molecule has 112 valence electrons. The number of nitrogens with zero attached hydrogens (tertiary/aromatic N) is 3. The molecule has 4 N–H and O–H groups in total. The van der Waals surface area contributed by atoms with Gasteiger partial charge in [0.25, 0.3) is 0 Å². The molecule has 7 nitrogen and oxygen atoms in total. The summed E-state index contributed by atoms with van der Waals surface area (Å²) in [5, 5.41) is 3.13. The second-order valence-corrected chi connectivity index (χ2v) is 5.18. The van der Waals surface area contributed by atoms with Crippen LogP contribution in [-0.2, 0) is 0 Å². The molecule has 0 fully saturated rings. The van der Waals surface area contributed by atoms with E-state index < -0.39 is 0 Å². The molecule has 0 bridgehead atoms. The van der Waals surface area contributed by atoms with Crippen molar-refractivity contribution in [2.45, 2.75) is 20.8 Å². The van der Waals surface area contributed by atoms with E-state index in [0.29, 0.717) is 12.6 Å². The second-order valence-electron chi connectivity index (χ2n) is 4.39. The van der Waals surface area contributed by atoms with Gasteiger partial charge in [0.1, 0.15) is 0 Å². The van der Waals surface area contributed by atoms with E-state index in [1.54, 1.807) is 0 Å². The largest absolute Gasteiger partial charge is 0.464 e. The highest BCUT2D eigenvalue weighted by Crippen LogP contribution is 2.26. The van der Waals surface area contributed by atoms with Crippen LogP contribution in [0.2, 0.25) is 0 Å². The van der Waals surface area contributed by atoms with Gasteiger partial charge < -0.3 is 10.1 Å². The molecule has 1 heterocycles. The minimum atomic E-state index is 0.216. The Hall–Kier alpha value is -1.93. The minimum absolute atomic E-state index is 0.216. The molecule has 0 spiro atoms. The van der Waals surface area contributed by atoms with Crippen molar-refractivity contribution < 1.29 is 4.74 Å². The minimum Gasteiger partial charge on any atom is -0.464 e. The van der Waals surface area contributed by atoms with Crippen LogP contribution in [0.1, 0.15) is 18.1 Å². The highest BCUT2D eigenvalue weighted by molar-refractivity contribution is 9.10. The lowest BCUT2D eigenvalue weighted by Gasteiger charge is -2.11. The van der Waals surface area contributed by atoms with E-state index in [2.05, 4.69) is 41.6 Å². The number of hydrogen-bond donors (Lipinski definition) is 3. The zero-order valence-corrected chi connectivity index (χ0v) is 13.7. The first-order valence-electron chi connectivity index (χ1n) is 6.42. The normalized spacial score (nSPS) is 10.3. The maximum atomic E-state index is 5.35. The van der Waals surface area contributed by atoms with Gasteiger partial charge in [-0.1, -0.05) is 15.9 Å². The fraction of sp³-hybridized carbons (Fsp3) is 0.308. The predicted molar refractivity (Wildman–Crippen MR) is 85.7 cm³/mol. The van der Waals surface area contributed by atoms with Crippen LogP contribution in [0, 0.1) is 13.8 Å². The highest BCUT2D eigenvalue weighted by atomic mass is 79.9. The number of rotatable bonds is 5. The molecule has 0 aliphatic rings. The van der Waals surface area contributed by atoms with E-state index in [9.17, 15) is 0 Å². The average molecular weight is 353 g/mol. The Kier molecular flexibility index (Phi) is 4.92. The number of benzene rings is 1. The summed E-state index contributed by atoms with van der Waals surface area (Å²) < 4.78 is 6.37. The average Bonchev–Trinajstić information content (AvgIpc) is 2.44. The van der Waals surface area contributed by atoms with Gasteiger partial charge in [0.15, 0.2) is 0 Å². The summed E-state index contributed by atoms with van der Waals surface area (Å²) in [4.78, 5) is 12.3. The Morgan fingerprint density at radius 1 is 1.14 bits per heavy atom. The van der Waals surface area contributed by atoms with Gasteiger partial charge >= 0.3 is 6.01 Å². The smallest absolute Gasteiger partial charge is 0.323 e. The highest BCUT2D eigenvalue weighted by Gasteiger charge is 2.08. The van der Waals surface area contributed by atoms with Gasteiger partial charge in [-0.15, -0.1) is 0 Å². The Bertz CT molecular complexity index is 626. The molecule has 0 saturated carbocycles. The number of nitrogen functional groups attached to an aromatic ring is 1. The molecule has 0 aliphatic heterocycles. The topological polar surface area (TPSA) is 98.0 Å². The van der Waals surface area contributed by atoms with Crippen molar-refractivity contribution in [2.75, 3.05) is 17.3 Å². The molecule has 2 rings (SSSR count). The van der Waals surface area contributed by atoms with Gasteiger partial charge in [0.05, 0.1) is 6.61 Å². The van der Waals surface area contributed by atoms with Crippen molar-refractivity contribution in [3.8, 4) is 6.01 Å². The molecule has 0 radical (unpaired) electrons. The number of nitrogens with two attached hydrogens (primary N) is 1. The number of aromatic nitrogens is 3. The van der Waals surface area contributed by atoms with Gasteiger partial charge in [0.2, 0.25) is 11.9 Å². The SMILES string of the molecule is CCOc1nc(NN)nc(Nc2cc(C)c(Br)c(C)c2)n1. The van der Waals surface area contributed by atoms with Gasteiger partial charge in [-0.05, 0) is 44.0 Å². The van der Waals surface area contributed by atoms with E-state index in [-0.39, 0.29) is 12.0 Å². The van der Waals surface area contributed by atoms with Crippen LogP contribution >= 0.6 is 15.9 Å². The Labute approximate surface area is 131 Å².